The predicted octanol–water partition coefficient (Wildman–Crippen LogP) is 5.00. The number of ether oxygens (including phenoxy) is 1. The highest BCUT2D eigenvalue weighted by Gasteiger charge is 2.27. The Labute approximate surface area is 202 Å². The van der Waals surface area contributed by atoms with E-state index < -0.39 is 5.97 Å². The van der Waals surface area contributed by atoms with Crippen LogP contribution < -0.4 is 15.0 Å². The molecule has 9 nitrogen and oxygen atoms in total. The van der Waals surface area contributed by atoms with Crippen molar-refractivity contribution in [2.45, 2.75) is 25.3 Å². The number of carbonyl (C=O) groups is 1. The van der Waals surface area contributed by atoms with Crippen LogP contribution in [-0.4, -0.2) is 41.3 Å². The Morgan fingerprint density at radius 3 is 2.54 bits per heavy atom. The number of methoxy groups -OCH3 is 1. The number of aromatic hydroxyl groups is 1. The van der Waals surface area contributed by atoms with E-state index in [4.69, 9.17) is 9.84 Å². The smallest absolute Gasteiger partial charge is 0.339 e. The van der Waals surface area contributed by atoms with Gasteiger partial charge in [0.1, 0.15) is 22.7 Å². The van der Waals surface area contributed by atoms with Gasteiger partial charge in [-0.1, -0.05) is 24.3 Å². The Kier molecular flexibility index (Phi) is 7.05. The zero-order valence-electron chi connectivity index (χ0n) is 19.3. The summed E-state index contributed by atoms with van der Waals surface area (Å²) in [7, 11) is 1.67. The second-order valence-electron chi connectivity index (χ2n) is 8.47. The summed E-state index contributed by atoms with van der Waals surface area (Å²) in [4.78, 5) is 24.6. The Morgan fingerprint density at radius 1 is 1.14 bits per heavy atom. The maximum Gasteiger partial charge on any atom is 0.339 e. The van der Waals surface area contributed by atoms with Gasteiger partial charge in [0.25, 0.3) is 5.69 Å². The van der Waals surface area contributed by atoms with Crippen molar-refractivity contribution in [1.82, 2.24) is 0 Å². The average Bonchev–Trinajstić information content (AvgIpc) is 2.87. The minimum Gasteiger partial charge on any atom is -0.507 e. The van der Waals surface area contributed by atoms with Gasteiger partial charge in [0.15, 0.2) is 0 Å². The van der Waals surface area contributed by atoms with Crippen LogP contribution in [0.4, 0.5) is 17.1 Å². The van der Waals surface area contributed by atoms with Crippen LogP contribution in [0.15, 0.2) is 60.7 Å². The number of benzene rings is 3. The first-order valence-electron chi connectivity index (χ1n) is 11.3. The molecule has 0 atom stereocenters. The molecule has 3 N–H and O–H groups in total. The van der Waals surface area contributed by atoms with Gasteiger partial charge in [-0.25, -0.2) is 4.79 Å². The lowest BCUT2D eigenvalue weighted by Crippen LogP contribution is -2.33. The van der Waals surface area contributed by atoms with E-state index in [-0.39, 0.29) is 28.5 Å². The number of carboxylic acids is 1. The molecule has 0 unspecified atom stereocenters. The molecule has 1 heterocycles. The number of rotatable bonds is 8. The SMILES string of the molecule is COc1ccccc1C1CCN(c2ccc(CNc3ccc(C(=O)O)c(O)c3)cc2[N+](=O)[O-])CC1. The quantitative estimate of drug-likeness (QED) is 0.306. The van der Waals surface area contributed by atoms with Crippen LogP contribution in [0.5, 0.6) is 11.5 Å². The zero-order valence-corrected chi connectivity index (χ0v) is 19.3. The lowest BCUT2D eigenvalue weighted by atomic mass is 9.88. The van der Waals surface area contributed by atoms with Crippen molar-refractivity contribution in [3.8, 4) is 11.5 Å². The molecule has 4 rings (SSSR count). The fourth-order valence-electron chi connectivity index (χ4n) is 4.55. The van der Waals surface area contributed by atoms with Crippen molar-refractivity contribution in [2.75, 3.05) is 30.4 Å². The summed E-state index contributed by atoms with van der Waals surface area (Å²) in [5.41, 5.74) is 2.84. The van der Waals surface area contributed by atoms with E-state index in [0.29, 0.717) is 35.9 Å². The van der Waals surface area contributed by atoms with Crippen molar-refractivity contribution in [2.24, 2.45) is 0 Å². The van der Waals surface area contributed by atoms with Crippen LogP contribution in [-0.2, 0) is 6.54 Å². The van der Waals surface area contributed by atoms with E-state index in [0.717, 1.165) is 18.6 Å². The van der Waals surface area contributed by atoms with E-state index in [1.807, 2.05) is 24.3 Å². The number of hydrogen-bond acceptors (Lipinski definition) is 7. The Hall–Kier alpha value is -4.27. The molecule has 0 bridgehead atoms. The van der Waals surface area contributed by atoms with Crippen molar-refractivity contribution in [3.63, 3.8) is 0 Å². The number of hydrogen-bond donors (Lipinski definition) is 3. The van der Waals surface area contributed by atoms with Crippen LogP contribution in [0.2, 0.25) is 0 Å². The van der Waals surface area contributed by atoms with Crippen LogP contribution >= 0.6 is 0 Å². The summed E-state index contributed by atoms with van der Waals surface area (Å²) < 4.78 is 5.50. The number of nitro benzene ring substituents is 1. The van der Waals surface area contributed by atoms with Gasteiger partial charge in [0.05, 0.1) is 12.0 Å². The molecule has 1 aliphatic heterocycles. The monoisotopic (exact) mass is 477 g/mol. The normalized spacial score (nSPS) is 13.9. The lowest BCUT2D eigenvalue weighted by Gasteiger charge is -2.34. The molecule has 1 aliphatic rings. The van der Waals surface area contributed by atoms with Gasteiger partial charge < -0.3 is 25.2 Å². The molecule has 9 heteroatoms. The fourth-order valence-corrected chi connectivity index (χ4v) is 4.55. The second-order valence-corrected chi connectivity index (χ2v) is 8.47. The number of nitrogens with one attached hydrogen (secondary N) is 1. The van der Waals surface area contributed by atoms with Gasteiger partial charge in [0.2, 0.25) is 0 Å². The predicted molar refractivity (Wildman–Crippen MR) is 133 cm³/mol. The van der Waals surface area contributed by atoms with Crippen LogP contribution in [0.1, 0.15) is 40.2 Å². The molecule has 3 aromatic carbocycles. The third-order valence-electron chi connectivity index (χ3n) is 6.38. The first-order valence-corrected chi connectivity index (χ1v) is 11.3. The van der Waals surface area contributed by atoms with Gasteiger partial charge in [-0.3, -0.25) is 10.1 Å². The van der Waals surface area contributed by atoms with Crippen molar-refractivity contribution >= 4 is 23.0 Å². The van der Waals surface area contributed by atoms with E-state index >= 15 is 0 Å². The maximum absolute atomic E-state index is 11.9. The average molecular weight is 478 g/mol. The van der Waals surface area contributed by atoms with Gasteiger partial charge in [0, 0.05) is 37.5 Å². The maximum atomic E-state index is 11.9. The fraction of sp³-hybridized carbons (Fsp3) is 0.269. The molecule has 182 valence electrons. The summed E-state index contributed by atoms with van der Waals surface area (Å²) >= 11 is 0. The molecular weight excluding hydrogens is 450 g/mol. The molecule has 3 aromatic rings. The Bertz CT molecular complexity index is 1240. The summed E-state index contributed by atoms with van der Waals surface area (Å²) in [6, 6.07) is 17.3. The highest BCUT2D eigenvalue weighted by Crippen LogP contribution is 2.38. The Balaban J connectivity index is 1.45. The molecule has 35 heavy (non-hydrogen) atoms. The van der Waals surface area contributed by atoms with Gasteiger partial charge >= 0.3 is 5.97 Å². The van der Waals surface area contributed by atoms with Crippen molar-refractivity contribution in [3.05, 3.63) is 87.5 Å². The summed E-state index contributed by atoms with van der Waals surface area (Å²) in [5, 5.41) is 33.8. The lowest BCUT2D eigenvalue weighted by molar-refractivity contribution is -0.384. The van der Waals surface area contributed by atoms with Crippen LogP contribution in [0.25, 0.3) is 0 Å². The summed E-state index contributed by atoms with van der Waals surface area (Å²) in [5.74, 6) is -0.346. The molecule has 0 radical (unpaired) electrons. The van der Waals surface area contributed by atoms with Gasteiger partial charge in [-0.15, -0.1) is 0 Å². The van der Waals surface area contributed by atoms with Crippen LogP contribution in [0.3, 0.4) is 0 Å². The highest BCUT2D eigenvalue weighted by molar-refractivity contribution is 5.91. The standard InChI is InChI=1S/C26H27N3O6/c1-35-25-5-3-2-4-20(25)18-10-12-28(13-11-18)22-9-6-17(14-23(22)29(33)34)16-27-19-7-8-21(26(31)32)24(30)15-19/h2-9,14-15,18,27,30H,10-13,16H2,1H3,(H,31,32). The first kappa shape index (κ1) is 23.9. The van der Waals surface area contributed by atoms with Gasteiger partial charge in [-0.2, -0.15) is 0 Å². The highest BCUT2D eigenvalue weighted by atomic mass is 16.6. The van der Waals surface area contributed by atoms with Crippen molar-refractivity contribution in [1.29, 1.82) is 0 Å². The van der Waals surface area contributed by atoms with E-state index in [1.54, 1.807) is 19.2 Å². The number of anilines is 2. The number of para-hydroxylation sites is 1. The number of phenols is 1. The number of nitrogens with zero attached hydrogens (tertiary/aromatic N) is 2. The Morgan fingerprint density at radius 2 is 1.89 bits per heavy atom. The molecule has 0 aliphatic carbocycles. The molecule has 1 saturated heterocycles. The molecule has 0 aromatic heterocycles. The third-order valence-corrected chi connectivity index (χ3v) is 6.38. The van der Waals surface area contributed by atoms with Crippen molar-refractivity contribution < 1.29 is 24.7 Å². The molecule has 0 amide bonds. The first-order chi connectivity index (χ1) is 16.9. The van der Waals surface area contributed by atoms with Gasteiger partial charge in [-0.05, 0) is 54.2 Å². The minimum absolute atomic E-state index is 0.0455. The minimum atomic E-state index is -1.22. The largest absolute Gasteiger partial charge is 0.507 e. The topological polar surface area (TPSA) is 125 Å². The molecule has 0 spiro atoms. The number of aromatic carboxylic acids is 1. The number of nitro groups is 1. The third kappa shape index (κ3) is 5.29. The molecule has 1 fully saturated rings. The summed E-state index contributed by atoms with van der Waals surface area (Å²) in [6.45, 7) is 1.69. The molecular formula is C26H27N3O6. The van der Waals surface area contributed by atoms with E-state index in [9.17, 15) is 20.0 Å². The number of carboxylic acid groups (broad SMARTS) is 1. The zero-order chi connectivity index (χ0) is 24.9. The van der Waals surface area contributed by atoms with E-state index in [1.165, 1.54) is 23.8 Å². The number of piperidine rings is 1. The van der Waals surface area contributed by atoms with Crippen LogP contribution in [0, 0.1) is 10.1 Å². The summed E-state index contributed by atoms with van der Waals surface area (Å²) in [6.07, 6.45) is 1.74. The second kappa shape index (κ2) is 10.3. The van der Waals surface area contributed by atoms with E-state index in [2.05, 4.69) is 16.3 Å². The molecule has 0 saturated carbocycles.